The third-order valence-electron chi connectivity index (χ3n) is 7.79. The summed E-state index contributed by atoms with van der Waals surface area (Å²) in [7, 11) is 0. The number of hydrogen-bond acceptors (Lipinski definition) is 2. The molecule has 4 bridgehead atoms. The lowest BCUT2D eigenvalue weighted by molar-refractivity contribution is -0.133. The van der Waals surface area contributed by atoms with Gasteiger partial charge in [0, 0.05) is 25.7 Å². The zero-order chi connectivity index (χ0) is 18.6. The lowest BCUT2D eigenvalue weighted by Crippen LogP contribution is -2.52. The lowest BCUT2D eigenvalue weighted by Gasteiger charge is -2.62. The minimum atomic E-state index is 0.443. The molecule has 0 aromatic rings. The van der Waals surface area contributed by atoms with E-state index in [1.807, 2.05) is 0 Å². The fourth-order valence-electron chi connectivity index (χ4n) is 7.04. The SMILES string of the molecule is CCCCC(=O)CCC12CC3CC(C1)CC(CCC(=O)CCCC)(C3)C2. The summed E-state index contributed by atoms with van der Waals surface area (Å²) < 4.78 is 0. The minimum Gasteiger partial charge on any atom is -0.300 e. The number of carbonyl (C=O) groups excluding carboxylic acids is 2. The monoisotopic (exact) mass is 360 g/mol. The topological polar surface area (TPSA) is 34.1 Å². The molecule has 0 N–H and O–H groups in total. The second-order valence-electron chi connectivity index (χ2n) is 10.2. The standard InChI is InChI=1S/C24H40O2/c1-3-5-7-21(25)9-11-23-14-19-13-20(15-23)17-24(16-19,18-23)12-10-22(26)8-6-4-2/h19-20H,3-18H2,1-2H3. The van der Waals surface area contributed by atoms with Crippen molar-refractivity contribution in [2.45, 2.75) is 117 Å². The van der Waals surface area contributed by atoms with Gasteiger partial charge in [-0.05, 0) is 86.9 Å². The smallest absolute Gasteiger partial charge is 0.132 e. The summed E-state index contributed by atoms with van der Waals surface area (Å²) in [6.45, 7) is 4.33. The Kier molecular flexibility index (Phi) is 6.62. The summed E-state index contributed by atoms with van der Waals surface area (Å²) in [5.41, 5.74) is 0.886. The molecular formula is C24H40O2. The predicted octanol–water partition coefficient (Wildman–Crippen LogP) is 6.65. The Morgan fingerprint density at radius 2 is 1.15 bits per heavy atom. The van der Waals surface area contributed by atoms with E-state index in [1.54, 1.807) is 0 Å². The molecule has 0 amide bonds. The highest BCUT2D eigenvalue weighted by molar-refractivity contribution is 5.78. The summed E-state index contributed by atoms with van der Waals surface area (Å²) >= 11 is 0. The predicted molar refractivity (Wildman–Crippen MR) is 107 cm³/mol. The molecule has 4 aliphatic carbocycles. The average molecular weight is 361 g/mol. The van der Waals surface area contributed by atoms with E-state index in [9.17, 15) is 9.59 Å². The van der Waals surface area contributed by atoms with Crippen molar-refractivity contribution in [3.63, 3.8) is 0 Å². The molecule has 26 heavy (non-hydrogen) atoms. The zero-order valence-electron chi connectivity index (χ0n) is 17.3. The Bertz CT molecular complexity index is 450. The van der Waals surface area contributed by atoms with Gasteiger partial charge in [-0.15, -0.1) is 0 Å². The molecule has 4 saturated carbocycles. The number of rotatable bonds is 12. The van der Waals surface area contributed by atoms with Crippen LogP contribution in [-0.2, 0) is 9.59 Å². The van der Waals surface area contributed by atoms with Gasteiger partial charge in [0.25, 0.3) is 0 Å². The number of Topliss-reactive ketones (excluding diaryl/α,β-unsaturated/α-hetero) is 2. The molecule has 4 fully saturated rings. The largest absolute Gasteiger partial charge is 0.300 e. The first kappa shape index (κ1) is 20.1. The molecule has 0 aliphatic heterocycles. The minimum absolute atomic E-state index is 0.443. The highest BCUT2D eigenvalue weighted by Crippen LogP contribution is 2.67. The number of ketones is 2. The van der Waals surface area contributed by atoms with Gasteiger partial charge in [-0.2, -0.15) is 0 Å². The van der Waals surface area contributed by atoms with Gasteiger partial charge < -0.3 is 0 Å². The Morgan fingerprint density at radius 1 is 0.731 bits per heavy atom. The molecule has 0 radical (unpaired) electrons. The van der Waals surface area contributed by atoms with Gasteiger partial charge in [0.15, 0.2) is 0 Å². The zero-order valence-corrected chi connectivity index (χ0v) is 17.3. The molecule has 0 heterocycles. The molecule has 2 heteroatoms. The first-order chi connectivity index (χ1) is 12.5. The number of hydrogen-bond donors (Lipinski definition) is 0. The molecule has 4 aliphatic rings. The van der Waals surface area contributed by atoms with Crippen LogP contribution in [0.5, 0.6) is 0 Å². The van der Waals surface area contributed by atoms with Crippen molar-refractivity contribution in [3.05, 3.63) is 0 Å². The number of unbranched alkanes of at least 4 members (excludes halogenated alkanes) is 2. The van der Waals surface area contributed by atoms with Crippen LogP contribution >= 0.6 is 0 Å². The maximum absolute atomic E-state index is 12.2. The molecule has 0 unspecified atom stereocenters. The van der Waals surface area contributed by atoms with Crippen molar-refractivity contribution < 1.29 is 9.59 Å². The van der Waals surface area contributed by atoms with Gasteiger partial charge in [-0.1, -0.05) is 26.7 Å². The van der Waals surface area contributed by atoms with E-state index in [-0.39, 0.29) is 0 Å². The Labute approximate surface area is 160 Å². The van der Waals surface area contributed by atoms with E-state index in [4.69, 9.17) is 0 Å². The fourth-order valence-corrected chi connectivity index (χ4v) is 7.04. The quantitative estimate of drug-likeness (QED) is 0.390. The van der Waals surface area contributed by atoms with Crippen LogP contribution in [0.25, 0.3) is 0 Å². The summed E-state index contributed by atoms with van der Waals surface area (Å²) in [4.78, 5) is 24.5. The second kappa shape index (κ2) is 8.57. The van der Waals surface area contributed by atoms with Gasteiger partial charge >= 0.3 is 0 Å². The highest BCUT2D eigenvalue weighted by Gasteiger charge is 2.56. The van der Waals surface area contributed by atoms with Crippen molar-refractivity contribution in [2.75, 3.05) is 0 Å². The van der Waals surface area contributed by atoms with Crippen LogP contribution < -0.4 is 0 Å². The third kappa shape index (κ3) is 4.78. The summed E-state index contributed by atoms with van der Waals surface area (Å²) in [6, 6.07) is 0. The normalized spacial score (nSPS) is 35.0. The first-order valence-electron chi connectivity index (χ1n) is 11.5. The van der Waals surface area contributed by atoms with Crippen LogP contribution in [0.3, 0.4) is 0 Å². The molecule has 4 rings (SSSR count). The van der Waals surface area contributed by atoms with Crippen molar-refractivity contribution in [2.24, 2.45) is 22.7 Å². The van der Waals surface area contributed by atoms with Gasteiger partial charge in [0.2, 0.25) is 0 Å². The summed E-state index contributed by atoms with van der Waals surface area (Å²) in [5, 5.41) is 0. The molecule has 0 aromatic carbocycles. The van der Waals surface area contributed by atoms with E-state index >= 15 is 0 Å². The Balaban J connectivity index is 1.57. The van der Waals surface area contributed by atoms with Crippen LogP contribution in [0.1, 0.15) is 117 Å². The molecule has 148 valence electrons. The van der Waals surface area contributed by atoms with Crippen molar-refractivity contribution in [1.29, 1.82) is 0 Å². The van der Waals surface area contributed by atoms with Crippen LogP contribution in [0.2, 0.25) is 0 Å². The van der Waals surface area contributed by atoms with Crippen LogP contribution in [0.4, 0.5) is 0 Å². The highest BCUT2D eigenvalue weighted by atomic mass is 16.1. The Morgan fingerprint density at radius 3 is 1.54 bits per heavy atom. The summed E-state index contributed by atoms with van der Waals surface area (Å²) in [6.07, 6.45) is 18.0. The van der Waals surface area contributed by atoms with E-state index in [1.165, 1.54) is 38.5 Å². The molecular weight excluding hydrogens is 320 g/mol. The van der Waals surface area contributed by atoms with Crippen LogP contribution in [0, 0.1) is 22.7 Å². The molecule has 2 nitrogen and oxygen atoms in total. The molecule has 0 spiro atoms. The van der Waals surface area contributed by atoms with Crippen molar-refractivity contribution in [3.8, 4) is 0 Å². The molecule has 0 atom stereocenters. The van der Waals surface area contributed by atoms with E-state index < -0.39 is 0 Å². The lowest BCUT2D eigenvalue weighted by atomic mass is 9.42. The third-order valence-corrected chi connectivity index (χ3v) is 7.79. The van der Waals surface area contributed by atoms with Crippen molar-refractivity contribution in [1.82, 2.24) is 0 Å². The van der Waals surface area contributed by atoms with E-state index in [2.05, 4.69) is 13.8 Å². The van der Waals surface area contributed by atoms with Crippen LogP contribution in [-0.4, -0.2) is 11.6 Å². The Hall–Kier alpha value is -0.660. The first-order valence-corrected chi connectivity index (χ1v) is 11.5. The molecule has 0 aromatic heterocycles. The van der Waals surface area contributed by atoms with Gasteiger partial charge in [0.1, 0.15) is 11.6 Å². The average Bonchev–Trinajstić information content (AvgIpc) is 2.60. The number of carbonyl (C=O) groups is 2. The van der Waals surface area contributed by atoms with Gasteiger partial charge in [0.05, 0.1) is 0 Å². The fraction of sp³-hybridized carbons (Fsp3) is 0.917. The maximum atomic E-state index is 12.2. The molecule has 0 saturated heterocycles. The summed E-state index contributed by atoms with van der Waals surface area (Å²) in [5.74, 6) is 2.75. The van der Waals surface area contributed by atoms with Crippen molar-refractivity contribution >= 4 is 11.6 Å². The van der Waals surface area contributed by atoms with E-state index in [0.29, 0.717) is 22.4 Å². The van der Waals surface area contributed by atoms with Gasteiger partial charge in [-0.3, -0.25) is 9.59 Å². The van der Waals surface area contributed by atoms with E-state index in [0.717, 1.165) is 76.0 Å². The second-order valence-corrected chi connectivity index (χ2v) is 10.2. The van der Waals surface area contributed by atoms with Gasteiger partial charge in [-0.25, -0.2) is 0 Å². The van der Waals surface area contributed by atoms with Crippen LogP contribution in [0.15, 0.2) is 0 Å². The maximum Gasteiger partial charge on any atom is 0.132 e.